The fourth-order valence-electron chi connectivity index (χ4n) is 4.77. The van der Waals surface area contributed by atoms with E-state index in [2.05, 4.69) is 55.4 Å². The van der Waals surface area contributed by atoms with E-state index in [1.807, 2.05) is 0 Å². The van der Waals surface area contributed by atoms with Crippen LogP contribution in [-0.2, 0) is 23.1 Å². The Hall–Kier alpha value is -0.256. The van der Waals surface area contributed by atoms with E-state index < -0.39 is 28.9 Å². The van der Waals surface area contributed by atoms with Gasteiger partial charge in [-0.2, -0.15) is 0 Å². The van der Waals surface area contributed by atoms with Crippen molar-refractivity contribution in [2.45, 2.75) is 123 Å². The molecule has 6 nitrogen and oxygen atoms in total. The second-order valence-electron chi connectivity index (χ2n) is 9.51. The predicted molar refractivity (Wildman–Crippen MR) is 135 cm³/mol. The van der Waals surface area contributed by atoms with Crippen LogP contribution in [0.4, 0.5) is 0 Å². The van der Waals surface area contributed by atoms with E-state index in [0.29, 0.717) is 25.6 Å². The van der Waals surface area contributed by atoms with E-state index in [-0.39, 0.29) is 24.5 Å². The normalized spacial score (nSPS) is 26.9. The fourth-order valence-corrected chi connectivity index (χ4v) is 10.3. The minimum Gasteiger partial charge on any atom is -0.481 e. The molecular weight excluding hydrogens is 440 g/mol. The molecule has 0 amide bonds. The minimum atomic E-state index is -1.85. The third-order valence-corrected chi connectivity index (χ3v) is 17.4. The molecule has 0 aromatic heterocycles. The third-order valence-electron chi connectivity index (χ3n) is 8.13. The molecule has 190 valence electrons. The van der Waals surface area contributed by atoms with Crippen LogP contribution in [0.1, 0.15) is 68.2 Å². The molecule has 0 spiro atoms. The smallest absolute Gasteiger partial charge is 0.303 e. The zero-order chi connectivity index (χ0) is 24.4. The summed E-state index contributed by atoms with van der Waals surface area (Å²) in [7, 11) is -3.55. The van der Waals surface area contributed by atoms with Crippen LogP contribution in [-0.4, -0.2) is 59.4 Å². The van der Waals surface area contributed by atoms with Gasteiger partial charge in [-0.25, -0.2) is 0 Å². The van der Waals surface area contributed by atoms with Crippen molar-refractivity contribution < 1.29 is 28.2 Å². The first-order valence-corrected chi connectivity index (χ1v) is 18.0. The molecule has 1 fully saturated rings. The quantitative estimate of drug-likeness (QED) is 0.203. The molecule has 5 atom stereocenters. The number of hydrogen-bond donors (Lipinski definition) is 1. The molecule has 32 heavy (non-hydrogen) atoms. The molecule has 1 N–H and O–H groups in total. The molecule has 1 saturated heterocycles. The van der Waals surface area contributed by atoms with Crippen LogP contribution < -0.4 is 0 Å². The van der Waals surface area contributed by atoms with Crippen LogP contribution in [0, 0.1) is 11.8 Å². The Kier molecular flexibility index (Phi) is 13.2. The summed E-state index contributed by atoms with van der Waals surface area (Å²) >= 11 is 0. The number of rotatable bonds is 16. The highest BCUT2D eigenvalue weighted by atomic mass is 28.4. The number of carboxylic acid groups (broad SMARTS) is 1. The molecule has 0 bridgehead atoms. The monoisotopic (exact) mass is 490 g/mol. The number of aliphatic carboxylic acids is 1. The van der Waals surface area contributed by atoms with Crippen LogP contribution in [0.3, 0.4) is 0 Å². The Morgan fingerprint density at radius 2 is 1.41 bits per heavy atom. The average Bonchev–Trinajstić information content (AvgIpc) is 2.80. The molecule has 0 aromatic rings. The van der Waals surface area contributed by atoms with Crippen molar-refractivity contribution in [2.75, 3.05) is 13.2 Å². The van der Waals surface area contributed by atoms with Gasteiger partial charge in [0.05, 0.1) is 25.4 Å². The highest BCUT2D eigenvalue weighted by Gasteiger charge is 2.46. The molecule has 0 aliphatic carbocycles. The molecule has 2 unspecified atom stereocenters. The number of ether oxygens (including phenoxy) is 2. The summed E-state index contributed by atoms with van der Waals surface area (Å²) in [5.41, 5.74) is 0. The topological polar surface area (TPSA) is 74.2 Å². The van der Waals surface area contributed by atoms with Crippen molar-refractivity contribution in [3.63, 3.8) is 0 Å². The Bertz CT molecular complexity index is 520. The van der Waals surface area contributed by atoms with Crippen molar-refractivity contribution in [2.24, 2.45) is 11.8 Å². The first-order valence-electron chi connectivity index (χ1n) is 13.0. The third kappa shape index (κ3) is 7.91. The summed E-state index contributed by atoms with van der Waals surface area (Å²) < 4.78 is 26.2. The van der Waals surface area contributed by atoms with Gasteiger partial charge in [-0.3, -0.25) is 4.79 Å². The van der Waals surface area contributed by atoms with Gasteiger partial charge < -0.3 is 23.4 Å². The molecule has 1 aliphatic heterocycles. The summed E-state index contributed by atoms with van der Waals surface area (Å²) in [6.07, 6.45) is -0.0510. The molecule has 0 aromatic carbocycles. The fraction of sp³-hybridized carbons (Fsp3) is 0.958. The van der Waals surface area contributed by atoms with Gasteiger partial charge >= 0.3 is 5.97 Å². The van der Waals surface area contributed by atoms with Crippen molar-refractivity contribution in [3.05, 3.63) is 0 Å². The number of hydrogen-bond acceptors (Lipinski definition) is 5. The predicted octanol–water partition coefficient (Wildman–Crippen LogP) is 6.28. The van der Waals surface area contributed by atoms with Crippen LogP contribution in [0.5, 0.6) is 0 Å². The first kappa shape index (κ1) is 29.8. The molecule has 1 aliphatic rings. The number of carbonyl (C=O) groups is 1. The van der Waals surface area contributed by atoms with Crippen LogP contribution in [0.2, 0.25) is 36.3 Å². The van der Waals surface area contributed by atoms with E-state index in [0.717, 1.165) is 36.3 Å². The molecular formula is C24H50O6Si2. The summed E-state index contributed by atoms with van der Waals surface area (Å²) in [6.45, 7) is 18.9. The largest absolute Gasteiger partial charge is 0.481 e. The van der Waals surface area contributed by atoms with Gasteiger partial charge in [-0.15, -0.1) is 0 Å². The lowest BCUT2D eigenvalue weighted by molar-refractivity contribution is -0.270. The van der Waals surface area contributed by atoms with Gasteiger partial charge in [0.25, 0.3) is 0 Å². The van der Waals surface area contributed by atoms with Gasteiger partial charge in [0, 0.05) is 6.42 Å². The van der Waals surface area contributed by atoms with E-state index in [1.54, 1.807) is 0 Å². The maximum Gasteiger partial charge on any atom is 0.303 e. The molecule has 0 saturated carbocycles. The SMILES string of the molecule is CC[Si](CC)(CC)OCC1O[C@@H](OCCCC(=O)O)C(O[Si](CC)(CC)CC)[C@@H](C)[C@@H]1C. The lowest BCUT2D eigenvalue weighted by Crippen LogP contribution is -2.57. The second kappa shape index (κ2) is 14.2. The lowest BCUT2D eigenvalue weighted by atomic mass is 9.84. The summed E-state index contributed by atoms with van der Waals surface area (Å²) in [5, 5.41) is 8.97. The van der Waals surface area contributed by atoms with E-state index in [4.69, 9.17) is 23.4 Å². The second-order valence-corrected chi connectivity index (χ2v) is 19.0. The molecule has 8 heteroatoms. The Labute approximate surface area is 199 Å². The van der Waals surface area contributed by atoms with Crippen LogP contribution in [0.15, 0.2) is 0 Å². The standard InChI is InChI=1S/C24H50O6Si2/c1-9-31(10-2,11-3)28-18-21-19(7)20(8)23(30-32(12-4,13-5)14-6)24(29-21)27-17-15-16-22(25)26/h19-21,23-24H,9-18H2,1-8H3,(H,25,26)/t19-,20-,21?,23?,24+/m0/s1. The Morgan fingerprint density at radius 1 is 0.875 bits per heavy atom. The lowest BCUT2D eigenvalue weighted by Gasteiger charge is -2.48. The highest BCUT2D eigenvalue weighted by Crippen LogP contribution is 2.38. The van der Waals surface area contributed by atoms with Gasteiger partial charge in [0.2, 0.25) is 0 Å². The summed E-state index contributed by atoms with van der Waals surface area (Å²) in [6, 6.07) is 6.59. The molecule has 1 heterocycles. The van der Waals surface area contributed by atoms with Crippen molar-refractivity contribution in [1.29, 1.82) is 0 Å². The molecule has 1 rings (SSSR count). The molecule has 0 radical (unpaired) electrons. The Morgan fingerprint density at radius 3 is 1.88 bits per heavy atom. The van der Waals surface area contributed by atoms with Gasteiger partial charge in [0.1, 0.15) is 0 Å². The van der Waals surface area contributed by atoms with Gasteiger partial charge in [0.15, 0.2) is 22.9 Å². The van der Waals surface area contributed by atoms with Crippen molar-refractivity contribution in [3.8, 4) is 0 Å². The summed E-state index contributed by atoms with van der Waals surface area (Å²) in [4.78, 5) is 10.9. The van der Waals surface area contributed by atoms with E-state index in [9.17, 15) is 4.79 Å². The minimum absolute atomic E-state index is 0.0354. The first-order chi connectivity index (χ1) is 15.2. The van der Waals surface area contributed by atoms with Gasteiger partial charge in [-0.05, 0) is 54.5 Å². The summed E-state index contributed by atoms with van der Waals surface area (Å²) in [5.74, 6) is -0.221. The maximum atomic E-state index is 10.9. The highest BCUT2D eigenvalue weighted by molar-refractivity contribution is 6.74. The maximum absolute atomic E-state index is 10.9. The van der Waals surface area contributed by atoms with E-state index in [1.165, 1.54) is 0 Å². The van der Waals surface area contributed by atoms with Crippen LogP contribution >= 0.6 is 0 Å². The zero-order valence-electron chi connectivity index (χ0n) is 21.9. The van der Waals surface area contributed by atoms with Crippen LogP contribution in [0.25, 0.3) is 0 Å². The average molecular weight is 491 g/mol. The van der Waals surface area contributed by atoms with Gasteiger partial charge in [-0.1, -0.05) is 55.4 Å². The van der Waals surface area contributed by atoms with Crippen molar-refractivity contribution >= 4 is 22.6 Å². The zero-order valence-corrected chi connectivity index (χ0v) is 23.9. The number of carboxylic acids is 1. The van der Waals surface area contributed by atoms with E-state index >= 15 is 0 Å². The van der Waals surface area contributed by atoms with Crippen molar-refractivity contribution in [1.82, 2.24) is 0 Å². The Balaban J connectivity index is 3.01.